The van der Waals surface area contributed by atoms with Crippen LogP contribution in [-0.4, -0.2) is 24.3 Å². The third kappa shape index (κ3) is 4.33. The van der Waals surface area contributed by atoms with Gasteiger partial charge in [-0.3, -0.25) is 4.79 Å². The van der Waals surface area contributed by atoms with Crippen LogP contribution in [0.3, 0.4) is 0 Å². The van der Waals surface area contributed by atoms with Crippen LogP contribution in [0.5, 0.6) is 5.75 Å². The van der Waals surface area contributed by atoms with E-state index in [1.54, 1.807) is 37.3 Å². The molecule has 3 rings (SSSR count). The number of hydrogen-bond acceptors (Lipinski definition) is 4. The standard InChI is InChI=1S/C20H18F3N3O2/c1-12-9-16(26(2)11-13-5-3-6-14(10-13)19(24)27)15-7-4-8-17(18(15)25-12)28-20(21,22)23/h3-10H,11H2,1-2H3,(H2,24,27). The van der Waals surface area contributed by atoms with Crippen molar-refractivity contribution < 1.29 is 22.7 Å². The van der Waals surface area contributed by atoms with Gasteiger partial charge in [0, 0.05) is 35.9 Å². The van der Waals surface area contributed by atoms with Gasteiger partial charge in [0.15, 0.2) is 5.75 Å². The molecule has 0 saturated carbocycles. The van der Waals surface area contributed by atoms with Crippen LogP contribution in [0.1, 0.15) is 21.6 Å². The van der Waals surface area contributed by atoms with E-state index >= 15 is 0 Å². The summed E-state index contributed by atoms with van der Waals surface area (Å²) in [6.07, 6.45) is -4.80. The molecule has 0 saturated heterocycles. The molecule has 0 aliphatic rings. The third-order valence-corrected chi connectivity index (χ3v) is 4.18. The van der Waals surface area contributed by atoms with Crippen molar-refractivity contribution in [1.82, 2.24) is 4.98 Å². The van der Waals surface area contributed by atoms with E-state index in [0.717, 1.165) is 5.56 Å². The van der Waals surface area contributed by atoms with Crippen molar-refractivity contribution in [3.8, 4) is 5.75 Å². The van der Waals surface area contributed by atoms with Crippen LogP contribution in [0, 0.1) is 6.92 Å². The zero-order valence-electron chi connectivity index (χ0n) is 15.2. The number of carbonyl (C=O) groups is 1. The first kappa shape index (κ1) is 19.5. The van der Waals surface area contributed by atoms with Crippen LogP contribution in [-0.2, 0) is 6.54 Å². The molecule has 0 aliphatic carbocycles. The van der Waals surface area contributed by atoms with Gasteiger partial charge in [0.05, 0.1) is 0 Å². The summed E-state index contributed by atoms with van der Waals surface area (Å²) in [6, 6.07) is 13.1. The number of fused-ring (bicyclic) bond motifs is 1. The van der Waals surface area contributed by atoms with Gasteiger partial charge in [-0.1, -0.05) is 24.3 Å². The first-order valence-corrected chi connectivity index (χ1v) is 8.40. The Bertz CT molecular complexity index is 1030. The summed E-state index contributed by atoms with van der Waals surface area (Å²) >= 11 is 0. The number of amides is 1. The number of halogens is 3. The van der Waals surface area contributed by atoms with Crippen LogP contribution in [0.15, 0.2) is 48.5 Å². The van der Waals surface area contributed by atoms with E-state index in [4.69, 9.17) is 5.73 Å². The number of benzene rings is 2. The molecule has 1 heterocycles. The first-order valence-electron chi connectivity index (χ1n) is 8.40. The zero-order chi connectivity index (χ0) is 20.5. The van der Waals surface area contributed by atoms with E-state index in [9.17, 15) is 18.0 Å². The van der Waals surface area contributed by atoms with E-state index in [2.05, 4.69) is 9.72 Å². The number of rotatable bonds is 5. The molecule has 0 bridgehead atoms. The number of carbonyl (C=O) groups excluding carboxylic acids is 1. The Morgan fingerprint density at radius 3 is 2.57 bits per heavy atom. The molecule has 1 amide bonds. The number of para-hydroxylation sites is 1. The van der Waals surface area contributed by atoms with Gasteiger partial charge in [-0.15, -0.1) is 13.2 Å². The molecule has 1 aromatic heterocycles. The molecular weight excluding hydrogens is 371 g/mol. The Labute approximate surface area is 159 Å². The van der Waals surface area contributed by atoms with Gasteiger partial charge in [0.25, 0.3) is 0 Å². The van der Waals surface area contributed by atoms with Crippen molar-refractivity contribution in [1.29, 1.82) is 0 Å². The molecule has 3 aromatic rings. The van der Waals surface area contributed by atoms with Gasteiger partial charge in [-0.2, -0.15) is 0 Å². The van der Waals surface area contributed by atoms with Crippen molar-refractivity contribution in [2.75, 3.05) is 11.9 Å². The average molecular weight is 389 g/mol. The normalized spacial score (nSPS) is 11.5. The Hall–Kier alpha value is -3.29. The predicted molar refractivity (Wildman–Crippen MR) is 100 cm³/mol. The Morgan fingerprint density at radius 2 is 1.89 bits per heavy atom. The molecule has 146 valence electrons. The highest BCUT2D eigenvalue weighted by atomic mass is 19.4. The lowest BCUT2D eigenvalue weighted by Gasteiger charge is -2.22. The lowest BCUT2D eigenvalue weighted by molar-refractivity contribution is -0.274. The maximum atomic E-state index is 12.7. The second kappa shape index (κ2) is 7.38. The fraction of sp³-hybridized carbons (Fsp3) is 0.200. The Kier molecular flexibility index (Phi) is 5.13. The van der Waals surface area contributed by atoms with E-state index in [1.807, 2.05) is 18.0 Å². The van der Waals surface area contributed by atoms with E-state index < -0.39 is 12.3 Å². The number of aromatic nitrogens is 1. The lowest BCUT2D eigenvalue weighted by Crippen LogP contribution is -2.19. The summed E-state index contributed by atoms with van der Waals surface area (Å²) in [5.41, 5.74) is 7.93. The van der Waals surface area contributed by atoms with Gasteiger partial charge < -0.3 is 15.4 Å². The molecule has 0 aliphatic heterocycles. The second-order valence-electron chi connectivity index (χ2n) is 6.40. The maximum Gasteiger partial charge on any atom is 0.573 e. The van der Waals surface area contributed by atoms with E-state index in [0.29, 0.717) is 28.9 Å². The minimum absolute atomic E-state index is 0.132. The molecule has 0 fully saturated rings. The van der Waals surface area contributed by atoms with Crippen LogP contribution in [0.25, 0.3) is 10.9 Å². The largest absolute Gasteiger partial charge is 0.573 e. The van der Waals surface area contributed by atoms with Crippen LogP contribution < -0.4 is 15.4 Å². The summed E-state index contributed by atoms with van der Waals surface area (Å²) < 4.78 is 42.3. The van der Waals surface area contributed by atoms with Crippen molar-refractivity contribution >= 4 is 22.5 Å². The summed E-state index contributed by atoms with van der Waals surface area (Å²) in [4.78, 5) is 17.5. The van der Waals surface area contributed by atoms with Gasteiger partial charge >= 0.3 is 6.36 Å². The topological polar surface area (TPSA) is 68.5 Å². The van der Waals surface area contributed by atoms with Crippen LogP contribution in [0.2, 0.25) is 0 Å². The number of pyridine rings is 1. The number of primary amides is 1. The third-order valence-electron chi connectivity index (χ3n) is 4.18. The maximum absolute atomic E-state index is 12.7. The lowest BCUT2D eigenvalue weighted by atomic mass is 10.1. The molecule has 2 aromatic carbocycles. The summed E-state index contributed by atoms with van der Waals surface area (Å²) in [6.45, 7) is 2.12. The van der Waals surface area contributed by atoms with Crippen molar-refractivity contribution in [3.63, 3.8) is 0 Å². The number of ether oxygens (including phenoxy) is 1. The van der Waals surface area contributed by atoms with Crippen molar-refractivity contribution in [3.05, 3.63) is 65.4 Å². The van der Waals surface area contributed by atoms with Gasteiger partial charge in [-0.05, 0) is 36.8 Å². The highest BCUT2D eigenvalue weighted by molar-refractivity contribution is 5.95. The molecule has 0 spiro atoms. The molecule has 28 heavy (non-hydrogen) atoms. The molecule has 8 heteroatoms. The first-order chi connectivity index (χ1) is 13.1. The monoisotopic (exact) mass is 389 g/mol. The molecule has 0 atom stereocenters. The fourth-order valence-corrected chi connectivity index (χ4v) is 3.03. The number of anilines is 1. The average Bonchev–Trinajstić information content (AvgIpc) is 2.60. The Morgan fingerprint density at radius 1 is 1.18 bits per heavy atom. The quantitative estimate of drug-likeness (QED) is 0.711. The van der Waals surface area contributed by atoms with E-state index in [1.165, 1.54) is 12.1 Å². The highest BCUT2D eigenvalue weighted by Crippen LogP contribution is 2.34. The minimum Gasteiger partial charge on any atom is -0.403 e. The van der Waals surface area contributed by atoms with Crippen molar-refractivity contribution in [2.24, 2.45) is 5.73 Å². The number of alkyl halides is 3. The van der Waals surface area contributed by atoms with Crippen molar-refractivity contribution in [2.45, 2.75) is 19.8 Å². The number of nitrogens with zero attached hydrogens (tertiary/aromatic N) is 2. The second-order valence-corrected chi connectivity index (χ2v) is 6.40. The molecule has 2 N–H and O–H groups in total. The smallest absolute Gasteiger partial charge is 0.403 e. The predicted octanol–water partition coefficient (Wildman–Crippen LogP) is 4.18. The SMILES string of the molecule is Cc1cc(N(C)Cc2cccc(C(N)=O)c2)c2cccc(OC(F)(F)F)c2n1. The zero-order valence-corrected chi connectivity index (χ0v) is 15.2. The van der Waals surface area contributed by atoms with E-state index in [-0.39, 0.29) is 11.3 Å². The summed E-state index contributed by atoms with van der Waals surface area (Å²) in [7, 11) is 1.81. The van der Waals surface area contributed by atoms with Crippen LogP contribution in [0.4, 0.5) is 18.9 Å². The number of nitrogens with two attached hydrogens (primary N) is 1. The minimum atomic E-state index is -4.80. The number of hydrogen-bond donors (Lipinski definition) is 1. The molecule has 0 unspecified atom stereocenters. The fourth-order valence-electron chi connectivity index (χ4n) is 3.03. The Balaban J connectivity index is 2.01. The highest BCUT2D eigenvalue weighted by Gasteiger charge is 2.32. The number of aryl methyl sites for hydroxylation is 1. The van der Waals surface area contributed by atoms with Crippen LogP contribution >= 0.6 is 0 Å². The molecule has 0 radical (unpaired) electrons. The van der Waals surface area contributed by atoms with Gasteiger partial charge in [0.1, 0.15) is 5.52 Å². The van der Waals surface area contributed by atoms with Gasteiger partial charge in [-0.25, -0.2) is 4.98 Å². The summed E-state index contributed by atoms with van der Waals surface area (Å²) in [5.74, 6) is -0.872. The van der Waals surface area contributed by atoms with Gasteiger partial charge in [0.2, 0.25) is 5.91 Å². The molecular formula is C20H18F3N3O2. The summed E-state index contributed by atoms with van der Waals surface area (Å²) in [5, 5.41) is 0.529. The molecule has 5 nitrogen and oxygen atoms in total.